The highest BCUT2D eigenvalue weighted by molar-refractivity contribution is 5.80. The number of rotatable bonds is 8. The maximum Gasteiger partial charge on any atom is 0.419 e. The third kappa shape index (κ3) is 7.39. The highest BCUT2D eigenvalue weighted by atomic mass is 19.4. The number of hydrogen-bond acceptors (Lipinski definition) is 8. The smallest absolute Gasteiger partial charge is 0.379 e. The minimum atomic E-state index is -4.69. The number of carbonyl (C=O) groups is 2. The van der Waals surface area contributed by atoms with E-state index in [-0.39, 0.29) is 38.0 Å². The highest BCUT2D eigenvalue weighted by Crippen LogP contribution is 2.30. The van der Waals surface area contributed by atoms with Crippen LogP contribution in [0, 0.1) is 5.92 Å². The fourth-order valence-electron chi connectivity index (χ4n) is 3.94. The lowest BCUT2D eigenvalue weighted by Crippen LogP contribution is -2.64. The third-order valence-electron chi connectivity index (χ3n) is 5.78. The summed E-state index contributed by atoms with van der Waals surface area (Å²) in [7, 11) is 0. The first kappa shape index (κ1) is 27.9. The van der Waals surface area contributed by atoms with Gasteiger partial charge >= 0.3 is 12.4 Å². The van der Waals surface area contributed by atoms with Gasteiger partial charge in [0.25, 0.3) is 0 Å². The minimum Gasteiger partial charge on any atom is -0.379 e. The van der Waals surface area contributed by atoms with Crippen molar-refractivity contribution in [2.45, 2.75) is 37.8 Å². The Bertz CT molecular complexity index is 891. The molecule has 2 saturated heterocycles. The molecule has 16 heteroatoms. The standard InChI is InChI=1S/C20H27F6N7O3/c1-12(30-14-10-29-31-17(35)16(14)20(24,25)26)11-36-7-2-15(34)32-3-5-33(6-4-32)18-27-8-13(9-28-18)19(21,22)23/h8-9,12,14,16,29-30H,2-7,10-11H2,1H3,(H,31,35)/t12-,14?,16?/m1/s1. The topological polar surface area (TPSA) is 112 Å². The van der Waals surface area contributed by atoms with Crippen LogP contribution < -0.4 is 21.1 Å². The number of hydrazine groups is 1. The number of aromatic nitrogens is 2. The first-order valence-corrected chi connectivity index (χ1v) is 11.2. The van der Waals surface area contributed by atoms with E-state index in [0.717, 1.165) is 12.4 Å². The Morgan fingerprint density at radius 1 is 1.17 bits per heavy atom. The van der Waals surface area contributed by atoms with E-state index in [0.29, 0.717) is 26.2 Å². The van der Waals surface area contributed by atoms with E-state index in [9.17, 15) is 35.9 Å². The second kappa shape index (κ2) is 11.6. The molecule has 0 aliphatic carbocycles. The molecule has 3 heterocycles. The maximum absolute atomic E-state index is 13.2. The Balaban J connectivity index is 1.36. The molecule has 36 heavy (non-hydrogen) atoms. The SMILES string of the molecule is C[C@H](COCCC(=O)N1CCN(c2ncc(C(F)(F)F)cn2)CC1)NC1CNNC(=O)C1C(F)(F)F. The second-order valence-electron chi connectivity index (χ2n) is 8.53. The van der Waals surface area contributed by atoms with Crippen LogP contribution in [-0.2, 0) is 20.5 Å². The third-order valence-corrected chi connectivity index (χ3v) is 5.78. The zero-order valence-corrected chi connectivity index (χ0v) is 19.3. The van der Waals surface area contributed by atoms with Crippen LogP contribution in [0.25, 0.3) is 0 Å². The fourth-order valence-corrected chi connectivity index (χ4v) is 3.94. The first-order chi connectivity index (χ1) is 16.9. The van der Waals surface area contributed by atoms with Gasteiger partial charge in [-0.2, -0.15) is 26.3 Å². The van der Waals surface area contributed by atoms with Crippen LogP contribution in [0.5, 0.6) is 0 Å². The van der Waals surface area contributed by atoms with Crippen LogP contribution in [0.4, 0.5) is 32.3 Å². The van der Waals surface area contributed by atoms with Gasteiger partial charge in [0.15, 0.2) is 5.92 Å². The maximum atomic E-state index is 13.2. The number of alkyl halides is 6. The molecule has 3 atom stereocenters. The number of anilines is 1. The molecular weight excluding hydrogens is 500 g/mol. The van der Waals surface area contributed by atoms with Gasteiger partial charge in [-0.25, -0.2) is 15.4 Å². The van der Waals surface area contributed by atoms with E-state index in [1.165, 1.54) is 0 Å². The molecule has 1 aromatic heterocycles. The van der Waals surface area contributed by atoms with Gasteiger partial charge in [-0.1, -0.05) is 0 Å². The molecule has 202 valence electrons. The summed E-state index contributed by atoms with van der Waals surface area (Å²) in [5.74, 6) is -3.38. The Kier molecular flexibility index (Phi) is 8.94. The van der Waals surface area contributed by atoms with E-state index < -0.39 is 41.8 Å². The van der Waals surface area contributed by atoms with E-state index in [1.807, 2.05) is 5.43 Å². The minimum absolute atomic E-state index is 0.0367. The van der Waals surface area contributed by atoms with Gasteiger partial charge in [-0.3, -0.25) is 15.0 Å². The molecule has 0 aromatic carbocycles. The van der Waals surface area contributed by atoms with Gasteiger partial charge in [0.2, 0.25) is 17.8 Å². The summed E-state index contributed by atoms with van der Waals surface area (Å²) in [6, 6.07) is -1.67. The molecule has 2 amide bonds. The molecule has 2 unspecified atom stereocenters. The van der Waals surface area contributed by atoms with Crippen LogP contribution in [0.1, 0.15) is 18.9 Å². The van der Waals surface area contributed by atoms with Crippen LogP contribution >= 0.6 is 0 Å². The van der Waals surface area contributed by atoms with Crippen molar-refractivity contribution in [3.8, 4) is 0 Å². The van der Waals surface area contributed by atoms with Crippen molar-refractivity contribution in [1.82, 2.24) is 31.0 Å². The summed E-state index contributed by atoms with van der Waals surface area (Å²) >= 11 is 0. The van der Waals surface area contributed by atoms with Crippen molar-refractivity contribution in [2.24, 2.45) is 5.92 Å². The van der Waals surface area contributed by atoms with Gasteiger partial charge in [0.05, 0.1) is 25.2 Å². The first-order valence-electron chi connectivity index (χ1n) is 11.2. The predicted molar refractivity (Wildman–Crippen MR) is 113 cm³/mol. The summed E-state index contributed by atoms with van der Waals surface area (Å²) in [4.78, 5) is 34.8. The lowest BCUT2D eigenvalue weighted by Gasteiger charge is -2.35. The molecule has 2 aliphatic rings. The molecule has 0 bridgehead atoms. The number of nitrogens with one attached hydrogen (secondary N) is 3. The summed E-state index contributed by atoms with van der Waals surface area (Å²) in [6.45, 7) is 2.96. The molecule has 2 fully saturated rings. The highest BCUT2D eigenvalue weighted by Gasteiger charge is 2.51. The number of ether oxygens (including phenoxy) is 1. The van der Waals surface area contributed by atoms with Crippen LogP contribution in [0.15, 0.2) is 12.4 Å². The number of hydrogen-bond donors (Lipinski definition) is 3. The van der Waals surface area contributed by atoms with Crippen LogP contribution in [-0.4, -0.2) is 90.9 Å². The van der Waals surface area contributed by atoms with Crippen molar-refractivity contribution in [1.29, 1.82) is 0 Å². The van der Waals surface area contributed by atoms with Gasteiger partial charge in [0, 0.05) is 57.2 Å². The monoisotopic (exact) mass is 527 g/mol. The zero-order valence-electron chi connectivity index (χ0n) is 19.3. The van der Waals surface area contributed by atoms with Gasteiger partial charge in [0.1, 0.15) is 0 Å². The second-order valence-corrected chi connectivity index (χ2v) is 8.53. The van der Waals surface area contributed by atoms with Crippen molar-refractivity contribution in [3.05, 3.63) is 18.0 Å². The summed E-state index contributed by atoms with van der Waals surface area (Å²) < 4.78 is 82.9. The Labute approximate surface area is 202 Å². The quantitative estimate of drug-likeness (QED) is 0.335. The van der Waals surface area contributed by atoms with Crippen molar-refractivity contribution in [2.75, 3.05) is 50.8 Å². The number of nitrogens with zero attached hydrogens (tertiary/aromatic N) is 4. The average Bonchev–Trinajstić information content (AvgIpc) is 2.80. The van der Waals surface area contributed by atoms with Gasteiger partial charge < -0.3 is 19.9 Å². The molecule has 0 spiro atoms. The van der Waals surface area contributed by atoms with E-state index in [1.54, 1.807) is 16.7 Å². The van der Waals surface area contributed by atoms with Crippen LogP contribution in [0.3, 0.4) is 0 Å². The number of halogens is 6. The van der Waals surface area contributed by atoms with E-state index >= 15 is 0 Å². The molecule has 1 aromatic rings. The molecule has 10 nitrogen and oxygen atoms in total. The molecule has 3 N–H and O–H groups in total. The average molecular weight is 527 g/mol. The molecule has 0 radical (unpaired) electrons. The lowest BCUT2D eigenvalue weighted by atomic mass is 9.96. The van der Waals surface area contributed by atoms with Crippen LogP contribution in [0.2, 0.25) is 0 Å². The summed E-state index contributed by atoms with van der Waals surface area (Å²) in [6.07, 6.45) is -7.72. The Hall–Kier alpha value is -2.72. The van der Waals surface area contributed by atoms with Gasteiger partial charge in [-0.15, -0.1) is 0 Å². The number of amides is 2. The number of piperazine rings is 1. The largest absolute Gasteiger partial charge is 0.419 e. The molecule has 0 saturated carbocycles. The van der Waals surface area contributed by atoms with E-state index in [2.05, 4.69) is 20.7 Å². The summed E-state index contributed by atoms with van der Waals surface area (Å²) in [5, 5.41) is 2.75. The number of carbonyl (C=O) groups excluding carboxylic acids is 2. The van der Waals surface area contributed by atoms with Crippen molar-refractivity contribution >= 4 is 17.8 Å². The lowest BCUT2D eigenvalue weighted by molar-refractivity contribution is -0.193. The molecule has 2 aliphatic heterocycles. The molecule has 3 rings (SSSR count). The fraction of sp³-hybridized carbons (Fsp3) is 0.700. The van der Waals surface area contributed by atoms with Crippen molar-refractivity contribution in [3.63, 3.8) is 0 Å². The Morgan fingerprint density at radius 3 is 2.39 bits per heavy atom. The predicted octanol–water partition coefficient (Wildman–Crippen LogP) is 0.710. The molecular formula is C20H27F6N7O3. The van der Waals surface area contributed by atoms with Gasteiger partial charge in [-0.05, 0) is 6.92 Å². The summed E-state index contributed by atoms with van der Waals surface area (Å²) in [5.41, 5.74) is 3.47. The van der Waals surface area contributed by atoms with Crippen molar-refractivity contribution < 1.29 is 40.7 Å². The van der Waals surface area contributed by atoms with E-state index in [4.69, 9.17) is 4.74 Å². The zero-order chi connectivity index (χ0) is 26.5. The Morgan fingerprint density at radius 2 is 1.81 bits per heavy atom. The normalized spacial score (nSPS) is 22.4.